The normalized spacial score (nSPS) is 11.3. The van der Waals surface area contributed by atoms with E-state index in [4.69, 9.17) is 11.6 Å². The molecule has 0 bridgehead atoms. The Kier molecular flexibility index (Phi) is 4.90. The van der Waals surface area contributed by atoms with Gasteiger partial charge >= 0.3 is 0 Å². The molecule has 100 valence electrons. The topological polar surface area (TPSA) is 68.1 Å². The highest BCUT2D eigenvalue weighted by molar-refractivity contribution is 6.29. The van der Waals surface area contributed by atoms with Crippen molar-refractivity contribution in [2.45, 2.75) is 45.6 Å². The van der Waals surface area contributed by atoms with Gasteiger partial charge in [-0.1, -0.05) is 32.4 Å². The molecule has 0 aliphatic carbocycles. The molecular weight excluding hydrogens is 254 g/mol. The first-order valence-corrected chi connectivity index (χ1v) is 6.44. The van der Waals surface area contributed by atoms with Crippen LogP contribution in [0.5, 0.6) is 0 Å². The van der Waals surface area contributed by atoms with E-state index in [1.807, 2.05) is 0 Å². The summed E-state index contributed by atoms with van der Waals surface area (Å²) in [5.41, 5.74) is -0.138. The quantitative estimate of drug-likeness (QED) is 0.482. The summed E-state index contributed by atoms with van der Waals surface area (Å²) in [6.07, 6.45) is 2.76. The van der Waals surface area contributed by atoms with Gasteiger partial charge in [0, 0.05) is 5.54 Å². The number of aromatic nitrogens is 1. The standard InChI is InChI=1S/C12H18ClN3O2/c1-4-12(5-2,6-3)15-11-8-9(16(17)18)7-10(13)14-11/h7-8H,4-6H2,1-3H3,(H,14,15). The Bertz CT molecular complexity index is 425. The third kappa shape index (κ3) is 3.32. The average Bonchev–Trinajstić information content (AvgIpc) is 2.35. The predicted octanol–water partition coefficient (Wildman–Crippen LogP) is 4.02. The fourth-order valence-corrected chi connectivity index (χ4v) is 2.14. The summed E-state index contributed by atoms with van der Waals surface area (Å²) < 4.78 is 0. The fraction of sp³-hybridized carbons (Fsp3) is 0.583. The molecule has 0 spiro atoms. The van der Waals surface area contributed by atoms with Gasteiger partial charge in [-0.2, -0.15) is 0 Å². The summed E-state index contributed by atoms with van der Waals surface area (Å²) in [5, 5.41) is 14.2. The van der Waals surface area contributed by atoms with Gasteiger partial charge in [0.05, 0.1) is 17.1 Å². The number of pyridine rings is 1. The van der Waals surface area contributed by atoms with Crippen LogP contribution >= 0.6 is 11.6 Å². The molecule has 0 aromatic carbocycles. The largest absolute Gasteiger partial charge is 0.364 e. The maximum Gasteiger partial charge on any atom is 0.276 e. The van der Waals surface area contributed by atoms with Crippen LogP contribution in [0.2, 0.25) is 5.15 Å². The zero-order chi connectivity index (χ0) is 13.8. The van der Waals surface area contributed by atoms with Crippen molar-refractivity contribution in [3.63, 3.8) is 0 Å². The number of anilines is 1. The van der Waals surface area contributed by atoms with Crippen molar-refractivity contribution in [3.05, 3.63) is 27.4 Å². The molecular formula is C12H18ClN3O2. The predicted molar refractivity (Wildman–Crippen MR) is 73.1 cm³/mol. The van der Waals surface area contributed by atoms with Gasteiger partial charge < -0.3 is 5.32 Å². The lowest BCUT2D eigenvalue weighted by Crippen LogP contribution is -2.36. The van der Waals surface area contributed by atoms with Gasteiger partial charge in [-0.25, -0.2) is 4.98 Å². The van der Waals surface area contributed by atoms with E-state index in [0.29, 0.717) is 5.82 Å². The number of nitrogens with one attached hydrogen (secondary N) is 1. The van der Waals surface area contributed by atoms with Crippen molar-refractivity contribution >= 4 is 23.1 Å². The maximum atomic E-state index is 10.8. The molecule has 1 rings (SSSR count). The van der Waals surface area contributed by atoms with E-state index in [1.54, 1.807) is 0 Å². The van der Waals surface area contributed by atoms with E-state index >= 15 is 0 Å². The summed E-state index contributed by atoms with van der Waals surface area (Å²) >= 11 is 5.80. The SMILES string of the molecule is CCC(CC)(CC)Nc1cc([N+](=O)[O-])cc(Cl)n1. The molecule has 1 aromatic rings. The molecule has 0 unspecified atom stereocenters. The Balaban J connectivity index is 3.06. The summed E-state index contributed by atoms with van der Waals surface area (Å²) in [7, 11) is 0. The van der Waals surface area contributed by atoms with Gasteiger partial charge in [-0.15, -0.1) is 0 Å². The number of rotatable bonds is 6. The molecule has 0 saturated heterocycles. The van der Waals surface area contributed by atoms with E-state index < -0.39 is 4.92 Å². The lowest BCUT2D eigenvalue weighted by atomic mass is 9.90. The summed E-state index contributed by atoms with van der Waals surface area (Å²) in [6, 6.07) is 2.67. The first-order valence-electron chi connectivity index (χ1n) is 6.06. The van der Waals surface area contributed by atoms with Gasteiger partial charge in [0.25, 0.3) is 5.69 Å². The monoisotopic (exact) mass is 271 g/mol. The highest BCUT2D eigenvalue weighted by Gasteiger charge is 2.24. The molecule has 0 aliphatic heterocycles. The lowest BCUT2D eigenvalue weighted by Gasteiger charge is -2.32. The van der Waals surface area contributed by atoms with Crippen LogP contribution in [0.25, 0.3) is 0 Å². The van der Waals surface area contributed by atoms with E-state index in [2.05, 4.69) is 31.1 Å². The van der Waals surface area contributed by atoms with Gasteiger partial charge in [0.2, 0.25) is 0 Å². The third-order valence-electron chi connectivity index (χ3n) is 3.41. The summed E-state index contributed by atoms with van der Waals surface area (Å²) in [4.78, 5) is 14.4. The van der Waals surface area contributed by atoms with Gasteiger partial charge in [-0.05, 0) is 19.3 Å². The zero-order valence-electron chi connectivity index (χ0n) is 10.9. The van der Waals surface area contributed by atoms with E-state index in [-0.39, 0.29) is 16.4 Å². The Morgan fingerprint density at radius 1 is 1.33 bits per heavy atom. The molecule has 1 N–H and O–H groups in total. The molecule has 1 aromatic heterocycles. The minimum absolute atomic E-state index is 0.0466. The van der Waals surface area contributed by atoms with E-state index in [1.165, 1.54) is 12.1 Å². The molecule has 0 radical (unpaired) electrons. The Morgan fingerprint density at radius 3 is 2.33 bits per heavy atom. The van der Waals surface area contributed by atoms with Crippen LogP contribution in [-0.4, -0.2) is 15.4 Å². The van der Waals surface area contributed by atoms with E-state index in [0.717, 1.165) is 19.3 Å². The number of hydrogen-bond donors (Lipinski definition) is 1. The molecule has 1 heterocycles. The number of hydrogen-bond acceptors (Lipinski definition) is 4. The second-order valence-corrected chi connectivity index (χ2v) is 4.64. The molecule has 0 aliphatic rings. The van der Waals surface area contributed by atoms with Crippen LogP contribution in [0.4, 0.5) is 11.5 Å². The van der Waals surface area contributed by atoms with Crippen LogP contribution in [0, 0.1) is 10.1 Å². The smallest absolute Gasteiger partial charge is 0.276 e. The van der Waals surface area contributed by atoms with Crippen LogP contribution in [-0.2, 0) is 0 Å². The minimum Gasteiger partial charge on any atom is -0.364 e. The molecule has 0 fully saturated rings. The third-order valence-corrected chi connectivity index (χ3v) is 3.61. The second-order valence-electron chi connectivity index (χ2n) is 4.26. The van der Waals surface area contributed by atoms with Crippen molar-refractivity contribution < 1.29 is 4.92 Å². The van der Waals surface area contributed by atoms with Crippen molar-refractivity contribution in [3.8, 4) is 0 Å². The first kappa shape index (κ1) is 14.7. The number of nitro groups is 1. The molecule has 0 saturated carbocycles. The van der Waals surface area contributed by atoms with Gasteiger partial charge in [0.1, 0.15) is 11.0 Å². The Labute approximate surface area is 112 Å². The van der Waals surface area contributed by atoms with Crippen molar-refractivity contribution in [1.29, 1.82) is 0 Å². The van der Waals surface area contributed by atoms with Crippen molar-refractivity contribution in [2.75, 3.05) is 5.32 Å². The maximum absolute atomic E-state index is 10.8. The average molecular weight is 272 g/mol. The van der Waals surface area contributed by atoms with Crippen molar-refractivity contribution in [1.82, 2.24) is 4.98 Å². The Hall–Kier alpha value is -1.36. The van der Waals surface area contributed by atoms with Gasteiger partial charge in [0.15, 0.2) is 0 Å². The van der Waals surface area contributed by atoms with Crippen LogP contribution in [0.15, 0.2) is 12.1 Å². The highest BCUT2D eigenvalue weighted by Crippen LogP contribution is 2.27. The van der Waals surface area contributed by atoms with Crippen LogP contribution < -0.4 is 5.32 Å². The van der Waals surface area contributed by atoms with Crippen LogP contribution in [0.1, 0.15) is 40.0 Å². The van der Waals surface area contributed by atoms with Crippen molar-refractivity contribution in [2.24, 2.45) is 0 Å². The first-order chi connectivity index (χ1) is 8.46. The molecule has 18 heavy (non-hydrogen) atoms. The Morgan fingerprint density at radius 2 is 1.89 bits per heavy atom. The second kappa shape index (κ2) is 6.00. The zero-order valence-corrected chi connectivity index (χ0v) is 11.6. The lowest BCUT2D eigenvalue weighted by molar-refractivity contribution is -0.384. The minimum atomic E-state index is -0.468. The summed E-state index contributed by atoms with van der Waals surface area (Å²) in [5.74, 6) is 0.458. The van der Waals surface area contributed by atoms with Gasteiger partial charge in [-0.3, -0.25) is 10.1 Å². The highest BCUT2D eigenvalue weighted by atomic mass is 35.5. The molecule has 0 atom stereocenters. The molecule has 6 heteroatoms. The number of halogens is 1. The summed E-state index contributed by atoms with van der Waals surface area (Å²) in [6.45, 7) is 6.25. The van der Waals surface area contributed by atoms with E-state index in [9.17, 15) is 10.1 Å². The fourth-order valence-electron chi connectivity index (χ4n) is 1.94. The number of nitrogens with zero attached hydrogens (tertiary/aromatic N) is 2. The van der Waals surface area contributed by atoms with Crippen LogP contribution in [0.3, 0.4) is 0 Å². The molecule has 0 amide bonds. The molecule has 5 nitrogen and oxygen atoms in total.